The summed E-state index contributed by atoms with van der Waals surface area (Å²) in [7, 11) is 0. The molecule has 0 saturated carbocycles. The minimum Gasteiger partial charge on any atom is -0.323 e. The molecule has 0 aliphatic heterocycles. The number of nitrogens with zero attached hydrogens (tertiary/aromatic N) is 1. The minimum atomic E-state index is -0.00595. The van der Waals surface area contributed by atoms with Crippen LogP contribution in [0.2, 0.25) is 0 Å². The highest BCUT2D eigenvalue weighted by molar-refractivity contribution is 9.10. The Bertz CT molecular complexity index is 286. The first-order chi connectivity index (χ1) is 6.25. The van der Waals surface area contributed by atoms with E-state index in [2.05, 4.69) is 27.5 Å². The summed E-state index contributed by atoms with van der Waals surface area (Å²) in [4.78, 5) is 4.22. The van der Waals surface area contributed by atoms with Crippen LogP contribution < -0.4 is 5.73 Å². The van der Waals surface area contributed by atoms with E-state index >= 15 is 0 Å². The van der Waals surface area contributed by atoms with Crippen LogP contribution in [0.3, 0.4) is 0 Å². The van der Waals surface area contributed by atoms with Gasteiger partial charge in [-0.1, -0.05) is 6.08 Å². The largest absolute Gasteiger partial charge is 0.323 e. The monoisotopic (exact) mass is 240 g/mol. The molecule has 13 heavy (non-hydrogen) atoms. The minimum absolute atomic E-state index is 0.00595. The quantitative estimate of drug-likeness (QED) is 0.823. The van der Waals surface area contributed by atoms with Crippen LogP contribution >= 0.6 is 15.9 Å². The van der Waals surface area contributed by atoms with Gasteiger partial charge in [0.15, 0.2) is 0 Å². The Balaban J connectivity index is 2.70. The average molecular weight is 241 g/mol. The molecule has 1 aromatic rings. The maximum absolute atomic E-state index is 5.94. The van der Waals surface area contributed by atoms with Crippen molar-refractivity contribution in [2.24, 2.45) is 5.73 Å². The van der Waals surface area contributed by atoms with E-state index in [9.17, 15) is 0 Å². The zero-order chi connectivity index (χ0) is 9.68. The molecule has 1 unspecified atom stereocenters. The fraction of sp³-hybridized carbons (Fsp3) is 0.300. The molecule has 0 aliphatic carbocycles. The highest BCUT2D eigenvalue weighted by Gasteiger charge is 2.09. The Morgan fingerprint density at radius 3 is 3.08 bits per heavy atom. The van der Waals surface area contributed by atoms with Crippen LogP contribution in [0.4, 0.5) is 0 Å². The summed E-state index contributed by atoms with van der Waals surface area (Å²) in [6, 6.07) is 3.83. The van der Waals surface area contributed by atoms with E-state index in [1.165, 1.54) is 0 Å². The molecular formula is C10H13BrN2. The van der Waals surface area contributed by atoms with Gasteiger partial charge < -0.3 is 5.73 Å². The number of allylic oxidation sites excluding steroid dienone is 1. The van der Waals surface area contributed by atoms with Gasteiger partial charge in [0.1, 0.15) is 0 Å². The first-order valence-electron chi connectivity index (χ1n) is 4.22. The van der Waals surface area contributed by atoms with Crippen molar-refractivity contribution in [1.82, 2.24) is 4.98 Å². The number of aromatic nitrogens is 1. The molecule has 1 rings (SSSR count). The maximum atomic E-state index is 5.94. The molecule has 0 aromatic carbocycles. The second kappa shape index (κ2) is 5.14. The fourth-order valence-corrected chi connectivity index (χ4v) is 1.65. The van der Waals surface area contributed by atoms with E-state index in [0.29, 0.717) is 0 Å². The Labute approximate surface area is 87.0 Å². The van der Waals surface area contributed by atoms with Gasteiger partial charge in [-0.05, 0) is 40.9 Å². The van der Waals surface area contributed by atoms with Crippen LogP contribution in [-0.2, 0) is 0 Å². The first-order valence-corrected chi connectivity index (χ1v) is 5.02. The smallest absolute Gasteiger partial charge is 0.0712 e. The van der Waals surface area contributed by atoms with Gasteiger partial charge in [0.25, 0.3) is 0 Å². The van der Waals surface area contributed by atoms with Crippen LogP contribution in [0.15, 0.2) is 35.5 Å². The van der Waals surface area contributed by atoms with Crippen LogP contribution in [0.25, 0.3) is 0 Å². The molecule has 0 spiro atoms. The van der Waals surface area contributed by atoms with Gasteiger partial charge in [0.05, 0.1) is 5.69 Å². The zero-order valence-electron chi connectivity index (χ0n) is 7.41. The molecule has 0 amide bonds. The molecule has 1 aromatic heterocycles. The third-order valence-corrected chi connectivity index (χ3v) is 2.49. The summed E-state index contributed by atoms with van der Waals surface area (Å²) in [5, 5.41) is 0. The lowest BCUT2D eigenvalue weighted by Gasteiger charge is -2.10. The van der Waals surface area contributed by atoms with Gasteiger partial charge in [-0.2, -0.15) is 0 Å². The lowest BCUT2D eigenvalue weighted by Crippen LogP contribution is -2.12. The molecule has 0 bridgehead atoms. The van der Waals surface area contributed by atoms with Gasteiger partial charge >= 0.3 is 0 Å². The summed E-state index contributed by atoms with van der Waals surface area (Å²) in [6.45, 7) is 3.66. The van der Waals surface area contributed by atoms with Gasteiger partial charge in [-0.15, -0.1) is 6.58 Å². The summed E-state index contributed by atoms with van der Waals surface area (Å²) >= 11 is 3.42. The molecule has 3 heteroatoms. The molecule has 0 fully saturated rings. The van der Waals surface area contributed by atoms with E-state index in [4.69, 9.17) is 5.73 Å². The average Bonchev–Trinajstić information content (AvgIpc) is 2.15. The van der Waals surface area contributed by atoms with Crippen molar-refractivity contribution in [2.45, 2.75) is 18.9 Å². The molecular weight excluding hydrogens is 228 g/mol. The molecule has 0 saturated heterocycles. The van der Waals surface area contributed by atoms with Gasteiger partial charge in [-0.25, -0.2) is 0 Å². The summed E-state index contributed by atoms with van der Waals surface area (Å²) < 4.78 is 0.978. The lowest BCUT2D eigenvalue weighted by atomic mass is 10.1. The fourth-order valence-electron chi connectivity index (χ4n) is 1.10. The van der Waals surface area contributed by atoms with Crippen LogP contribution in [-0.4, -0.2) is 4.98 Å². The molecule has 0 radical (unpaired) electrons. The predicted molar refractivity (Wildman–Crippen MR) is 58.3 cm³/mol. The van der Waals surface area contributed by atoms with Crippen LogP contribution in [0, 0.1) is 0 Å². The van der Waals surface area contributed by atoms with Crippen molar-refractivity contribution >= 4 is 15.9 Å². The number of nitrogens with two attached hydrogens (primary N) is 1. The van der Waals surface area contributed by atoms with Gasteiger partial charge in [0, 0.05) is 16.7 Å². The van der Waals surface area contributed by atoms with E-state index in [-0.39, 0.29) is 6.04 Å². The van der Waals surface area contributed by atoms with Crippen LogP contribution in [0.5, 0.6) is 0 Å². The Morgan fingerprint density at radius 2 is 2.46 bits per heavy atom. The second-order valence-electron chi connectivity index (χ2n) is 2.84. The van der Waals surface area contributed by atoms with Crippen molar-refractivity contribution in [2.75, 3.05) is 0 Å². The summed E-state index contributed by atoms with van der Waals surface area (Å²) in [6.07, 6.45) is 5.44. The molecule has 0 aliphatic rings. The van der Waals surface area contributed by atoms with E-state index in [1.807, 2.05) is 18.2 Å². The zero-order valence-corrected chi connectivity index (χ0v) is 9.00. The molecule has 1 heterocycles. The van der Waals surface area contributed by atoms with Crippen molar-refractivity contribution < 1.29 is 0 Å². The van der Waals surface area contributed by atoms with Crippen molar-refractivity contribution in [1.29, 1.82) is 0 Å². The van der Waals surface area contributed by atoms with E-state index in [0.717, 1.165) is 23.0 Å². The number of hydrogen-bond acceptors (Lipinski definition) is 2. The number of pyridine rings is 1. The standard InChI is InChI=1S/C10H13BrN2/c1-2-3-6-9(12)10-8(11)5-4-7-13-10/h2,4-5,7,9H,1,3,6,12H2. The van der Waals surface area contributed by atoms with E-state index in [1.54, 1.807) is 6.20 Å². The normalized spacial score (nSPS) is 12.5. The Morgan fingerprint density at radius 1 is 1.69 bits per heavy atom. The Hall–Kier alpha value is -0.670. The first kappa shape index (κ1) is 10.4. The molecule has 2 nitrogen and oxygen atoms in total. The predicted octanol–water partition coefficient (Wildman–Crippen LogP) is 2.81. The maximum Gasteiger partial charge on any atom is 0.0712 e. The van der Waals surface area contributed by atoms with Gasteiger partial charge in [-0.3, -0.25) is 4.98 Å². The van der Waals surface area contributed by atoms with Crippen molar-refractivity contribution in [3.8, 4) is 0 Å². The number of halogens is 1. The molecule has 2 N–H and O–H groups in total. The highest BCUT2D eigenvalue weighted by Crippen LogP contribution is 2.21. The van der Waals surface area contributed by atoms with Crippen molar-refractivity contribution in [3.63, 3.8) is 0 Å². The molecule has 70 valence electrons. The summed E-state index contributed by atoms with van der Waals surface area (Å²) in [5.41, 5.74) is 6.86. The molecule has 1 atom stereocenters. The second-order valence-corrected chi connectivity index (χ2v) is 3.70. The summed E-state index contributed by atoms with van der Waals surface area (Å²) in [5.74, 6) is 0. The topological polar surface area (TPSA) is 38.9 Å². The number of hydrogen-bond donors (Lipinski definition) is 1. The van der Waals surface area contributed by atoms with Crippen molar-refractivity contribution in [3.05, 3.63) is 41.2 Å². The van der Waals surface area contributed by atoms with Gasteiger partial charge in [0.2, 0.25) is 0 Å². The van der Waals surface area contributed by atoms with Crippen LogP contribution in [0.1, 0.15) is 24.6 Å². The number of rotatable bonds is 4. The third kappa shape index (κ3) is 2.94. The lowest BCUT2D eigenvalue weighted by molar-refractivity contribution is 0.639. The Kier molecular flexibility index (Phi) is 4.12. The highest BCUT2D eigenvalue weighted by atomic mass is 79.9. The SMILES string of the molecule is C=CCCC(N)c1ncccc1Br. The van der Waals surface area contributed by atoms with E-state index < -0.39 is 0 Å². The third-order valence-electron chi connectivity index (χ3n) is 1.82.